The number of nitrogens with zero attached hydrogens (tertiary/aromatic N) is 3. The van der Waals surface area contributed by atoms with Crippen molar-refractivity contribution in [1.29, 1.82) is 0 Å². The van der Waals surface area contributed by atoms with E-state index in [-0.39, 0.29) is 18.7 Å². The molecule has 158 valence electrons. The molecule has 1 aliphatic heterocycles. The minimum atomic E-state index is -2.41. The fourth-order valence-electron chi connectivity index (χ4n) is 4.38. The molecule has 1 aromatic carbocycles. The topological polar surface area (TPSA) is 161 Å². The summed E-state index contributed by atoms with van der Waals surface area (Å²) < 4.78 is 0. The van der Waals surface area contributed by atoms with Crippen molar-refractivity contribution < 1.29 is 29.3 Å². The van der Waals surface area contributed by atoms with Crippen LogP contribution in [0.1, 0.15) is 23.2 Å². The van der Waals surface area contributed by atoms with E-state index in [9.17, 15) is 34.6 Å². The number of piperidine rings is 1. The lowest BCUT2D eigenvalue weighted by Crippen LogP contribution is -2.75. The number of Topliss-reactive ketones (excluding diaryl/α,β-unsaturated/α-hetero) is 1. The first-order valence-corrected chi connectivity index (χ1v) is 9.18. The van der Waals surface area contributed by atoms with Gasteiger partial charge in [0.15, 0.2) is 5.78 Å². The lowest BCUT2D eigenvalue weighted by atomic mass is 9.60. The van der Waals surface area contributed by atoms with Crippen LogP contribution in [0.5, 0.6) is 0 Å². The van der Waals surface area contributed by atoms with Crippen LogP contribution in [0, 0.1) is 26.1 Å². The number of ketones is 2. The van der Waals surface area contributed by atoms with Crippen molar-refractivity contribution in [3.05, 3.63) is 68.3 Å². The van der Waals surface area contributed by atoms with Crippen LogP contribution in [0.3, 0.4) is 0 Å². The van der Waals surface area contributed by atoms with Crippen LogP contribution in [-0.2, 0) is 9.59 Å². The molecular formula is C19H19N3O8. The number of benzene rings is 1. The Morgan fingerprint density at radius 2 is 1.80 bits per heavy atom. The molecule has 1 heterocycles. The molecule has 30 heavy (non-hydrogen) atoms. The van der Waals surface area contributed by atoms with Crippen molar-refractivity contribution in [2.24, 2.45) is 5.92 Å². The van der Waals surface area contributed by atoms with Crippen LogP contribution in [-0.4, -0.2) is 68.1 Å². The van der Waals surface area contributed by atoms with Crippen LogP contribution >= 0.6 is 0 Å². The van der Waals surface area contributed by atoms with E-state index in [4.69, 9.17) is 5.11 Å². The van der Waals surface area contributed by atoms with Crippen molar-refractivity contribution in [3.8, 4) is 0 Å². The maximum Gasteiger partial charge on any atom is 0.305 e. The van der Waals surface area contributed by atoms with Gasteiger partial charge in [0.1, 0.15) is 5.92 Å². The third-order valence-corrected chi connectivity index (χ3v) is 5.86. The number of nitro groups is 2. The molecular weight excluding hydrogens is 398 g/mol. The highest BCUT2D eigenvalue weighted by Gasteiger charge is 2.74. The fraction of sp³-hybridized carbons (Fsp3) is 0.421. The summed E-state index contributed by atoms with van der Waals surface area (Å²) in [5, 5.41) is 33.2. The summed E-state index contributed by atoms with van der Waals surface area (Å²) in [6.07, 6.45) is 0.915. The summed E-state index contributed by atoms with van der Waals surface area (Å²) in [7, 11) is 0. The number of hydrogen-bond donors (Lipinski definition) is 1. The standard InChI is InChI=1S/C19H19N3O8/c23-14(13-4-2-1-3-5-13)10-15-18(21(27)28)8-6-16(24)19(15,22(29)30)12-20(11-18)9-7-17(25)26/h1-6,8,15H,7,9-12H2,(H,25,26)/t15-,18-,19-/m1/s1. The summed E-state index contributed by atoms with van der Waals surface area (Å²) in [6.45, 7) is -1.03. The zero-order valence-corrected chi connectivity index (χ0v) is 15.8. The third kappa shape index (κ3) is 3.36. The van der Waals surface area contributed by atoms with E-state index in [0.717, 1.165) is 12.2 Å². The first-order valence-electron chi connectivity index (χ1n) is 9.18. The van der Waals surface area contributed by atoms with Crippen LogP contribution < -0.4 is 0 Å². The molecule has 0 unspecified atom stereocenters. The van der Waals surface area contributed by atoms with Gasteiger partial charge in [0.05, 0.1) is 19.5 Å². The number of likely N-dealkylation sites (tertiary alicyclic amines) is 1. The van der Waals surface area contributed by atoms with Gasteiger partial charge in [0.25, 0.3) is 5.54 Å². The Kier molecular flexibility index (Phi) is 5.49. The molecule has 3 rings (SSSR count). The fourth-order valence-corrected chi connectivity index (χ4v) is 4.38. The lowest BCUT2D eigenvalue weighted by molar-refractivity contribution is -0.623. The van der Waals surface area contributed by atoms with Gasteiger partial charge in [0.2, 0.25) is 5.78 Å². The van der Waals surface area contributed by atoms with Crippen molar-refractivity contribution in [2.45, 2.75) is 23.9 Å². The molecule has 1 saturated heterocycles. The van der Waals surface area contributed by atoms with E-state index >= 15 is 0 Å². The van der Waals surface area contributed by atoms with Crippen molar-refractivity contribution >= 4 is 17.5 Å². The van der Waals surface area contributed by atoms with Gasteiger partial charge in [-0.05, 0) is 12.2 Å². The Morgan fingerprint density at radius 3 is 2.37 bits per heavy atom. The van der Waals surface area contributed by atoms with Gasteiger partial charge in [-0.3, -0.25) is 39.5 Å². The van der Waals surface area contributed by atoms with Gasteiger partial charge < -0.3 is 5.11 Å². The SMILES string of the molecule is O=C(O)CCN1C[C@]2([N+](=O)[O-])C(=O)C=C[C@@]([N+](=O)[O-])(C1)[C@H]2CC(=O)c1ccccc1. The number of hydrogen-bond acceptors (Lipinski definition) is 8. The summed E-state index contributed by atoms with van der Waals surface area (Å²) in [5.74, 6) is -4.16. The molecule has 2 bridgehead atoms. The molecule has 0 spiro atoms. The molecule has 1 aromatic rings. The Balaban J connectivity index is 2.08. The summed E-state index contributed by atoms with van der Waals surface area (Å²) in [5.41, 5.74) is -4.25. The Bertz CT molecular complexity index is 946. The molecule has 1 aliphatic carbocycles. The number of carbonyl (C=O) groups is 3. The number of carboxylic acids is 1. The maximum absolute atomic E-state index is 12.8. The summed E-state index contributed by atoms with van der Waals surface area (Å²) in [4.78, 5) is 60.5. The van der Waals surface area contributed by atoms with Crippen molar-refractivity contribution in [1.82, 2.24) is 4.90 Å². The van der Waals surface area contributed by atoms with E-state index in [1.807, 2.05) is 0 Å². The number of carboxylic acid groups (broad SMARTS) is 1. The molecule has 1 N–H and O–H groups in total. The first-order chi connectivity index (χ1) is 14.1. The third-order valence-electron chi connectivity index (χ3n) is 5.86. The molecule has 1 fully saturated rings. The zero-order chi connectivity index (χ0) is 22.1. The smallest absolute Gasteiger partial charge is 0.305 e. The van der Waals surface area contributed by atoms with E-state index in [1.165, 1.54) is 17.0 Å². The molecule has 0 aromatic heterocycles. The van der Waals surface area contributed by atoms with Gasteiger partial charge in [-0.15, -0.1) is 0 Å². The highest BCUT2D eigenvalue weighted by molar-refractivity contribution is 6.01. The number of fused-ring (bicyclic) bond motifs is 2. The van der Waals surface area contributed by atoms with E-state index in [0.29, 0.717) is 0 Å². The number of rotatable bonds is 8. The highest BCUT2D eigenvalue weighted by atomic mass is 16.6. The first kappa shape index (κ1) is 21.2. The van der Waals surface area contributed by atoms with E-state index < -0.39 is 63.8 Å². The molecule has 11 nitrogen and oxygen atoms in total. The molecule has 0 radical (unpaired) electrons. The van der Waals surface area contributed by atoms with E-state index in [2.05, 4.69) is 0 Å². The Labute approximate surface area is 170 Å². The van der Waals surface area contributed by atoms with Gasteiger partial charge in [0, 0.05) is 28.4 Å². The second kappa shape index (κ2) is 7.75. The molecule has 2 aliphatic rings. The predicted octanol–water partition coefficient (Wildman–Crippen LogP) is 0.836. The Morgan fingerprint density at radius 1 is 1.13 bits per heavy atom. The van der Waals surface area contributed by atoms with Crippen molar-refractivity contribution in [2.75, 3.05) is 19.6 Å². The van der Waals surface area contributed by atoms with Gasteiger partial charge >= 0.3 is 11.5 Å². The van der Waals surface area contributed by atoms with Crippen LogP contribution in [0.4, 0.5) is 0 Å². The maximum atomic E-state index is 12.8. The average molecular weight is 417 g/mol. The number of carbonyl (C=O) groups excluding carboxylic acids is 2. The van der Waals surface area contributed by atoms with Gasteiger partial charge in [-0.25, -0.2) is 0 Å². The largest absolute Gasteiger partial charge is 0.481 e. The van der Waals surface area contributed by atoms with Crippen LogP contribution in [0.15, 0.2) is 42.5 Å². The van der Waals surface area contributed by atoms with Gasteiger partial charge in [-0.1, -0.05) is 30.3 Å². The van der Waals surface area contributed by atoms with Crippen molar-refractivity contribution in [3.63, 3.8) is 0 Å². The lowest BCUT2D eigenvalue weighted by Gasteiger charge is -2.48. The summed E-state index contributed by atoms with van der Waals surface area (Å²) >= 11 is 0. The minimum Gasteiger partial charge on any atom is -0.481 e. The second-order valence-corrected chi connectivity index (χ2v) is 7.53. The molecule has 3 atom stereocenters. The minimum absolute atomic E-state index is 0.193. The molecule has 0 amide bonds. The predicted molar refractivity (Wildman–Crippen MR) is 101 cm³/mol. The molecule has 11 heteroatoms. The summed E-state index contributed by atoms with van der Waals surface area (Å²) in [6, 6.07) is 7.86. The monoisotopic (exact) mass is 417 g/mol. The highest BCUT2D eigenvalue weighted by Crippen LogP contribution is 2.46. The van der Waals surface area contributed by atoms with Crippen LogP contribution in [0.25, 0.3) is 0 Å². The normalized spacial score (nSPS) is 28.1. The average Bonchev–Trinajstić information content (AvgIpc) is 2.70. The van der Waals surface area contributed by atoms with Gasteiger partial charge in [-0.2, -0.15) is 0 Å². The Hall–Kier alpha value is -3.47. The quantitative estimate of drug-likeness (QED) is 0.367. The zero-order valence-electron chi connectivity index (χ0n) is 15.8. The molecule has 0 saturated carbocycles. The number of aliphatic carboxylic acids is 1. The van der Waals surface area contributed by atoms with E-state index in [1.54, 1.807) is 18.2 Å². The van der Waals surface area contributed by atoms with Crippen LogP contribution in [0.2, 0.25) is 0 Å². The second-order valence-electron chi connectivity index (χ2n) is 7.53.